The third kappa shape index (κ3) is 4.56. The first-order valence-corrected chi connectivity index (χ1v) is 8.68. The average molecular weight is 349 g/mol. The van der Waals surface area contributed by atoms with E-state index in [1.54, 1.807) is 6.07 Å². The van der Waals surface area contributed by atoms with Crippen molar-refractivity contribution in [2.75, 3.05) is 6.54 Å². The largest absolute Gasteiger partial charge is 0.326 e. The molecule has 108 valence electrons. The maximum Gasteiger partial charge on any atom is 0.241 e. The van der Waals surface area contributed by atoms with Gasteiger partial charge in [-0.3, -0.25) is 0 Å². The van der Waals surface area contributed by atoms with Crippen LogP contribution < -0.4 is 10.5 Å². The molecule has 0 aliphatic heterocycles. The van der Waals surface area contributed by atoms with Crippen molar-refractivity contribution in [2.24, 2.45) is 5.73 Å². The molecule has 0 fully saturated rings. The van der Waals surface area contributed by atoms with Crippen molar-refractivity contribution in [3.8, 4) is 0 Å². The molecule has 0 aliphatic rings. The van der Waals surface area contributed by atoms with E-state index in [1.165, 1.54) is 0 Å². The number of benzene rings is 1. The summed E-state index contributed by atoms with van der Waals surface area (Å²) >= 11 is 3.34. The number of halogens is 1. The Hall–Kier alpha value is -0.430. The Balaban J connectivity index is 2.97. The van der Waals surface area contributed by atoms with Crippen LogP contribution in [0, 0.1) is 6.92 Å². The number of sulfonamides is 1. The summed E-state index contributed by atoms with van der Waals surface area (Å²) in [5, 5.41) is 0. The van der Waals surface area contributed by atoms with Crippen molar-refractivity contribution < 1.29 is 8.42 Å². The first-order valence-electron chi connectivity index (χ1n) is 6.41. The standard InChI is InChI=1S/C13H21BrN2O2S/c1-3-4-5-6-16-19(17,18)12-8-11(9-15)7-10(2)13(12)14/h7-8,16H,3-6,9,15H2,1-2H3. The van der Waals surface area contributed by atoms with E-state index in [0.717, 1.165) is 30.4 Å². The quantitative estimate of drug-likeness (QED) is 0.744. The summed E-state index contributed by atoms with van der Waals surface area (Å²) in [4.78, 5) is 0.268. The summed E-state index contributed by atoms with van der Waals surface area (Å²) < 4.78 is 27.7. The molecule has 0 heterocycles. The molecule has 4 nitrogen and oxygen atoms in total. The van der Waals surface area contributed by atoms with Crippen molar-refractivity contribution in [2.45, 2.75) is 44.6 Å². The number of nitrogens with one attached hydrogen (secondary N) is 1. The fraction of sp³-hybridized carbons (Fsp3) is 0.538. The lowest BCUT2D eigenvalue weighted by Crippen LogP contribution is -2.25. The van der Waals surface area contributed by atoms with Crippen LogP contribution in [0.2, 0.25) is 0 Å². The molecule has 0 bridgehead atoms. The third-order valence-electron chi connectivity index (χ3n) is 2.88. The van der Waals surface area contributed by atoms with Crippen molar-refractivity contribution in [3.05, 3.63) is 27.7 Å². The lowest BCUT2D eigenvalue weighted by Gasteiger charge is -2.12. The average Bonchev–Trinajstić information content (AvgIpc) is 2.37. The second kappa shape index (κ2) is 7.38. The molecule has 3 N–H and O–H groups in total. The smallest absolute Gasteiger partial charge is 0.241 e. The molecule has 0 atom stereocenters. The highest BCUT2D eigenvalue weighted by atomic mass is 79.9. The normalized spacial score (nSPS) is 11.8. The van der Waals surface area contributed by atoms with Crippen LogP contribution in [0.5, 0.6) is 0 Å². The molecule has 0 radical (unpaired) electrons. The molecule has 0 amide bonds. The molecule has 0 saturated carbocycles. The van der Waals surface area contributed by atoms with Crippen LogP contribution in [0.15, 0.2) is 21.5 Å². The van der Waals surface area contributed by atoms with Crippen LogP contribution in [-0.2, 0) is 16.6 Å². The van der Waals surface area contributed by atoms with E-state index in [0.29, 0.717) is 17.6 Å². The number of unbranched alkanes of at least 4 members (excludes halogenated alkanes) is 2. The monoisotopic (exact) mass is 348 g/mol. The van der Waals surface area contributed by atoms with Gasteiger partial charge in [-0.05, 0) is 46.5 Å². The Morgan fingerprint density at radius 1 is 1.32 bits per heavy atom. The Bertz CT molecular complexity index is 530. The van der Waals surface area contributed by atoms with Gasteiger partial charge < -0.3 is 5.73 Å². The minimum atomic E-state index is -3.48. The molecule has 1 aromatic carbocycles. The predicted molar refractivity (Wildman–Crippen MR) is 81.5 cm³/mol. The van der Waals surface area contributed by atoms with E-state index >= 15 is 0 Å². The molecule has 0 saturated heterocycles. The molecule has 0 unspecified atom stereocenters. The fourth-order valence-corrected chi connectivity index (χ4v) is 3.92. The lowest BCUT2D eigenvalue weighted by molar-refractivity contribution is 0.575. The van der Waals surface area contributed by atoms with Gasteiger partial charge in [0.15, 0.2) is 0 Å². The lowest BCUT2D eigenvalue weighted by atomic mass is 10.1. The van der Waals surface area contributed by atoms with Crippen molar-refractivity contribution in [3.63, 3.8) is 0 Å². The van der Waals surface area contributed by atoms with Crippen molar-refractivity contribution >= 4 is 26.0 Å². The van der Waals surface area contributed by atoms with Crippen molar-refractivity contribution in [1.29, 1.82) is 0 Å². The van der Waals surface area contributed by atoms with Crippen LogP contribution in [0.1, 0.15) is 37.3 Å². The Morgan fingerprint density at radius 2 is 2.00 bits per heavy atom. The van der Waals surface area contributed by atoms with Gasteiger partial charge in [-0.25, -0.2) is 13.1 Å². The van der Waals surface area contributed by atoms with Gasteiger partial charge in [0.05, 0.1) is 4.90 Å². The number of hydrogen-bond acceptors (Lipinski definition) is 3. The van der Waals surface area contributed by atoms with Crippen LogP contribution in [-0.4, -0.2) is 15.0 Å². The third-order valence-corrected chi connectivity index (χ3v) is 5.68. The van der Waals surface area contributed by atoms with Crippen LogP contribution in [0.4, 0.5) is 0 Å². The highest BCUT2D eigenvalue weighted by Crippen LogP contribution is 2.27. The minimum Gasteiger partial charge on any atom is -0.326 e. The molecule has 0 aromatic heterocycles. The van der Waals surface area contributed by atoms with E-state index in [-0.39, 0.29) is 4.90 Å². The van der Waals surface area contributed by atoms with Gasteiger partial charge in [-0.15, -0.1) is 0 Å². The zero-order valence-corrected chi connectivity index (χ0v) is 13.8. The molecular weight excluding hydrogens is 328 g/mol. The summed E-state index contributed by atoms with van der Waals surface area (Å²) in [5.74, 6) is 0. The molecular formula is C13H21BrN2O2S. The molecule has 6 heteroatoms. The Labute approximate surface area is 124 Å². The Kier molecular flexibility index (Phi) is 6.46. The Morgan fingerprint density at radius 3 is 2.58 bits per heavy atom. The van der Waals surface area contributed by atoms with E-state index in [1.807, 2.05) is 13.0 Å². The molecule has 19 heavy (non-hydrogen) atoms. The first-order chi connectivity index (χ1) is 8.92. The summed E-state index contributed by atoms with van der Waals surface area (Å²) in [6.45, 7) is 4.74. The van der Waals surface area contributed by atoms with Crippen molar-refractivity contribution in [1.82, 2.24) is 4.72 Å². The first kappa shape index (κ1) is 16.6. The summed E-state index contributed by atoms with van der Waals surface area (Å²) in [6, 6.07) is 3.51. The van der Waals surface area contributed by atoms with Crippen LogP contribution in [0.3, 0.4) is 0 Å². The van der Waals surface area contributed by atoms with Gasteiger partial charge in [0.1, 0.15) is 0 Å². The zero-order chi connectivity index (χ0) is 14.5. The van der Waals surface area contributed by atoms with Gasteiger partial charge in [0.25, 0.3) is 0 Å². The number of aryl methyl sites for hydroxylation is 1. The van der Waals surface area contributed by atoms with Gasteiger partial charge in [-0.1, -0.05) is 25.8 Å². The topological polar surface area (TPSA) is 72.2 Å². The summed E-state index contributed by atoms with van der Waals surface area (Å²) in [5.41, 5.74) is 7.28. The minimum absolute atomic E-state index is 0.268. The molecule has 0 aliphatic carbocycles. The number of nitrogens with two attached hydrogens (primary N) is 1. The highest BCUT2D eigenvalue weighted by Gasteiger charge is 2.19. The summed E-state index contributed by atoms with van der Waals surface area (Å²) in [6.07, 6.45) is 2.93. The highest BCUT2D eigenvalue weighted by molar-refractivity contribution is 9.10. The van der Waals surface area contributed by atoms with E-state index in [9.17, 15) is 8.42 Å². The van der Waals surface area contributed by atoms with Gasteiger partial charge in [0, 0.05) is 17.6 Å². The van der Waals surface area contributed by atoms with E-state index in [4.69, 9.17) is 5.73 Å². The molecule has 1 rings (SSSR count). The van der Waals surface area contributed by atoms with Gasteiger partial charge in [0.2, 0.25) is 10.0 Å². The number of rotatable bonds is 7. The predicted octanol–water partition coefficient (Wildman–Crippen LogP) is 2.68. The number of hydrogen-bond donors (Lipinski definition) is 2. The van der Waals surface area contributed by atoms with E-state index in [2.05, 4.69) is 27.6 Å². The van der Waals surface area contributed by atoms with E-state index < -0.39 is 10.0 Å². The van der Waals surface area contributed by atoms with Crippen LogP contribution in [0.25, 0.3) is 0 Å². The maximum absolute atomic E-state index is 12.3. The molecule has 1 aromatic rings. The maximum atomic E-state index is 12.3. The van der Waals surface area contributed by atoms with Gasteiger partial charge >= 0.3 is 0 Å². The zero-order valence-electron chi connectivity index (χ0n) is 11.4. The SMILES string of the molecule is CCCCCNS(=O)(=O)c1cc(CN)cc(C)c1Br. The van der Waals surface area contributed by atoms with Gasteiger partial charge in [-0.2, -0.15) is 0 Å². The molecule has 0 spiro atoms. The summed E-state index contributed by atoms with van der Waals surface area (Å²) in [7, 11) is -3.48. The van der Waals surface area contributed by atoms with Crippen LogP contribution >= 0.6 is 15.9 Å². The second-order valence-electron chi connectivity index (χ2n) is 4.53. The second-order valence-corrected chi connectivity index (χ2v) is 7.06. The fourth-order valence-electron chi connectivity index (χ4n) is 1.78.